The predicted molar refractivity (Wildman–Crippen MR) is 83.3 cm³/mol. The van der Waals surface area contributed by atoms with E-state index in [1.165, 1.54) is 0 Å². The van der Waals surface area contributed by atoms with Gasteiger partial charge < -0.3 is 14.0 Å². The molecule has 0 aliphatic carbocycles. The third-order valence-corrected chi connectivity index (χ3v) is 3.37. The van der Waals surface area contributed by atoms with Crippen molar-refractivity contribution < 1.29 is 9.47 Å². The van der Waals surface area contributed by atoms with E-state index in [1.807, 2.05) is 37.3 Å². The van der Waals surface area contributed by atoms with Gasteiger partial charge in [0.2, 0.25) is 0 Å². The third kappa shape index (κ3) is 3.67. The molecule has 0 aliphatic rings. The summed E-state index contributed by atoms with van der Waals surface area (Å²) >= 11 is 0. The molecule has 0 radical (unpaired) electrons. The lowest BCUT2D eigenvalue weighted by Crippen LogP contribution is -2.25. The van der Waals surface area contributed by atoms with Crippen LogP contribution in [0.5, 0.6) is 11.5 Å². The average molecular weight is 298 g/mol. The molecule has 5 heteroatoms. The van der Waals surface area contributed by atoms with Gasteiger partial charge in [-0.2, -0.15) is 5.26 Å². The zero-order chi connectivity index (χ0) is 15.9. The van der Waals surface area contributed by atoms with Gasteiger partial charge >= 0.3 is 0 Å². The minimum atomic E-state index is -0.244. The fourth-order valence-corrected chi connectivity index (χ4v) is 2.12. The Balaban J connectivity index is 1.91. The highest BCUT2D eigenvalue weighted by molar-refractivity contribution is 5.31. The predicted octanol–water partition coefficient (Wildman–Crippen LogP) is 2.51. The molecule has 22 heavy (non-hydrogen) atoms. The topological polar surface area (TPSA) is 64.2 Å². The number of ether oxygens (including phenoxy) is 2. The highest BCUT2D eigenvalue weighted by Gasteiger charge is 2.05. The second kappa shape index (κ2) is 7.32. The molecule has 114 valence electrons. The summed E-state index contributed by atoms with van der Waals surface area (Å²) in [5.41, 5.74) is 0.766. The Labute approximate surface area is 129 Å². The van der Waals surface area contributed by atoms with E-state index >= 15 is 0 Å². The molecule has 0 saturated carbocycles. The summed E-state index contributed by atoms with van der Waals surface area (Å²) in [6.45, 7) is 2.87. The van der Waals surface area contributed by atoms with Gasteiger partial charge in [-0.15, -0.1) is 0 Å². The standard InChI is InChI=1S/C17H18N2O3/c1-13-4-5-14(12-18)17(20)19(13)10-3-11-22-16-8-6-15(21-2)7-9-16/h4-9H,3,10-11H2,1-2H3. The van der Waals surface area contributed by atoms with Crippen LogP contribution in [0.2, 0.25) is 0 Å². The van der Waals surface area contributed by atoms with E-state index in [4.69, 9.17) is 14.7 Å². The Kier molecular flexibility index (Phi) is 5.21. The quantitative estimate of drug-likeness (QED) is 0.769. The van der Waals surface area contributed by atoms with Crippen LogP contribution in [-0.4, -0.2) is 18.3 Å². The summed E-state index contributed by atoms with van der Waals surface area (Å²) in [5, 5.41) is 8.90. The van der Waals surface area contributed by atoms with E-state index in [0.717, 1.165) is 17.2 Å². The molecule has 1 aromatic heterocycles. The molecule has 2 aromatic rings. The fraction of sp³-hybridized carbons (Fsp3) is 0.294. The highest BCUT2D eigenvalue weighted by Crippen LogP contribution is 2.17. The number of aryl methyl sites for hydroxylation is 1. The molecule has 1 aromatic carbocycles. The first kappa shape index (κ1) is 15.6. The van der Waals surface area contributed by atoms with Gasteiger partial charge in [-0.25, -0.2) is 0 Å². The number of methoxy groups -OCH3 is 1. The summed E-state index contributed by atoms with van der Waals surface area (Å²) in [4.78, 5) is 12.0. The van der Waals surface area contributed by atoms with Gasteiger partial charge in [0, 0.05) is 12.2 Å². The highest BCUT2D eigenvalue weighted by atomic mass is 16.5. The Morgan fingerprint density at radius 3 is 2.45 bits per heavy atom. The largest absolute Gasteiger partial charge is 0.497 e. The second-order valence-electron chi connectivity index (χ2n) is 4.83. The molecule has 0 atom stereocenters. The van der Waals surface area contributed by atoms with E-state index < -0.39 is 0 Å². The number of benzene rings is 1. The van der Waals surface area contributed by atoms with Gasteiger partial charge in [0.25, 0.3) is 5.56 Å². The van der Waals surface area contributed by atoms with E-state index in [0.29, 0.717) is 19.6 Å². The van der Waals surface area contributed by atoms with Crippen LogP contribution >= 0.6 is 0 Å². The first-order valence-corrected chi connectivity index (χ1v) is 7.03. The third-order valence-electron chi connectivity index (χ3n) is 3.37. The van der Waals surface area contributed by atoms with Crippen molar-refractivity contribution in [3.63, 3.8) is 0 Å². The smallest absolute Gasteiger partial charge is 0.268 e. The number of hydrogen-bond donors (Lipinski definition) is 0. The van der Waals surface area contributed by atoms with Gasteiger partial charge in [-0.1, -0.05) is 0 Å². The summed E-state index contributed by atoms with van der Waals surface area (Å²) in [7, 11) is 1.62. The Hall–Kier alpha value is -2.74. The molecule has 0 spiro atoms. The molecule has 0 aliphatic heterocycles. The van der Waals surface area contributed by atoms with Gasteiger partial charge in [0.15, 0.2) is 0 Å². The summed E-state index contributed by atoms with van der Waals surface area (Å²) in [6, 6.07) is 12.6. The molecule has 0 amide bonds. The van der Waals surface area contributed by atoms with Crippen molar-refractivity contribution in [2.75, 3.05) is 13.7 Å². The van der Waals surface area contributed by atoms with Gasteiger partial charge in [-0.3, -0.25) is 4.79 Å². The van der Waals surface area contributed by atoms with Crippen LogP contribution in [0, 0.1) is 18.3 Å². The number of pyridine rings is 1. The number of hydrogen-bond acceptors (Lipinski definition) is 4. The Morgan fingerprint density at radius 1 is 1.14 bits per heavy atom. The van der Waals surface area contributed by atoms with Gasteiger partial charge in [-0.05, 0) is 49.7 Å². The van der Waals surface area contributed by atoms with E-state index in [1.54, 1.807) is 23.8 Å². The molecule has 0 unspecified atom stereocenters. The van der Waals surface area contributed by atoms with Crippen LogP contribution < -0.4 is 15.0 Å². The summed E-state index contributed by atoms with van der Waals surface area (Å²) in [5.74, 6) is 1.54. The first-order valence-electron chi connectivity index (χ1n) is 7.03. The summed E-state index contributed by atoms with van der Waals surface area (Å²) < 4.78 is 12.3. The second-order valence-corrected chi connectivity index (χ2v) is 4.83. The van der Waals surface area contributed by atoms with Crippen molar-refractivity contribution in [3.05, 3.63) is 58.0 Å². The van der Waals surface area contributed by atoms with Crippen molar-refractivity contribution in [2.24, 2.45) is 0 Å². The molecule has 0 N–H and O–H groups in total. The van der Waals surface area contributed by atoms with Crippen molar-refractivity contribution >= 4 is 0 Å². The number of rotatable bonds is 6. The van der Waals surface area contributed by atoms with Crippen LogP contribution in [0.4, 0.5) is 0 Å². The van der Waals surface area contributed by atoms with Crippen LogP contribution in [0.25, 0.3) is 0 Å². The molecular weight excluding hydrogens is 280 g/mol. The molecule has 5 nitrogen and oxygen atoms in total. The first-order chi connectivity index (χ1) is 10.7. The van der Waals surface area contributed by atoms with Crippen LogP contribution in [-0.2, 0) is 6.54 Å². The van der Waals surface area contributed by atoms with Crippen LogP contribution in [0.15, 0.2) is 41.2 Å². The minimum absolute atomic E-state index is 0.168. The maximum Gasteiger partial charge on any atom is 0.268 e. The maximum atomic E-state index is 12.0. The van der Waals surface area contributed by atoms with Crippen molar-refractivity contribution in [3.8, 4) is 17.6 Å². The minimum Gasteiger partial charge on any atom is -0.497 e. The molecule has 2 rings (SSSR count). The Morgan fingerprint density at radius 2 is 1.82 bits per heavy atom. The van der Waals surface area contributed by atoms with Crippen LogP contribution in [0.1, 0.15) is 17.7 Å². The fourth-order valence-electron chi connectivity index (χ4n) is 2.12. The zero-order valence-electron chi connectivity index (χ0n) is 12.7. The van der Waals surface area contributed by atoms with E-state index in [-0.39, 0.29) is 11.1 Å². The monoisotopic (exact) mass is 298 g/mol. The van der Waals surface area contributed by atoms with E-state index in [2.05, 4.69) is 0 Å². The Bertz CT molecular complexity index is 727. The summed E-state index contributed by atoms with van der Waals surface area (Å²) in [6.07, 6.45) is 0.682. The SMILES string of the molecule is COc1ccc(OCCCn2c(C)ccc(C#N)c2=O)cc1. The molecule has 0 fully saturated rings. The normalized spacial score (nSPS) is 10.0. The van der Waals surface area contributed by atoms with Crippen molar-refractivity contribution in [1.82, 2.24) is 4.57 Å². The van der Waals surface area contributed by atoms with Crippen molar-refractivity contribution in [2.45, 2.75) is 19.9 Å². The van der Waals surface area contributed by atoms with E-state index in [9.17, 15) is 4.79 Å². The number of nitrogens with zero attached hydrogens (tertiary/aromatic N) is 2. The van der Waals surface area contributed by atoms with Gasteiger partial charge in [0.05, 0.1) is 13.7 Å². The average Bonchev–Trinajstić information content (AvgIpc) is 2.54. The van der Waals surface area contributed by atoms with Crippen LogP contribution in [0.3, 0.4) is 0 Å². The molecule has 0 saturated heterocycles. The lowest BCUT2D eigenvalue weighted by molar-refractivity contribution is 0.299. The van der Waals surface area contributed by atoms with Crippen molar-refractivity contribution in [1.29, 1.82) is 5.26 Å². The molecule has 1 heterocycles. The number of nitriles is 1. The lowest BCUT2D eigenvalue weighted by atomic mass is 10.2. The maximum absolute atomic E-state index is 12.0. The molecular formula is C17H18N2O3. The lowest BCUT2D eigenvalue weighted by Gasteiger charge is -2.11. The zero-order valence-corrected chi connectivity index (χ0v) is 12.7. The van der Waals surface area contributed by atoms with Gasteiger partial charge in [0.1, 0.15) is 23.1 Å². The number of aromatic nitrogens is 1. The molecule has 0 bridgehead atoms.